The predicted octanol–water partition coefficient (Wildman–Crippen LogP) is 4.01. The van der Waals surface area contributed by atoms with Crippen LogP contribution >= 0.6 is 11.3 Å². The van der Waals surface area contributed by atoms with Crippen LogP contribution in [-0.2, 0) is 13.0 Å². The summed E-state index contributed by atoms with van der Waals surface area (Å²) in [6, 6.07) is 6.84. The Kier molecular flexibility index (Phi) is 5.05. The molecule has 0 bridgehead atoms. The number of hydrogen-bond donors (Lipinski definition) is 1. The van der Waals surface area contributed by atoms with Gasteiger partial charge >= 0.3 is 0 Å². The Labute approximate surface area is 117 Å². The number of benzene rings is 1. The molecule has 0 aliphatic carbocycles. The largest absolute Gasteiger partial charge is 0.312 e. The molecule has 1 heterocycles. The Hall–Kier alpha value is -1.26. The minimum atomic E-state index is -0.200. The molecule has 2 nitrogen and oxygen atoms in total. The fourth-order valence-corrected chi connectivity index (χ4v) is 3.05. The number of rotatable bonds is 6. The lowest BCUT2D eigenvalue weighted by atomic mass is 10.2. The maximum absolute atomic E-state index is 13.8. The fraction of sp³-hybridized carbons (Fsp3) is 0.400. The Morgan fingerprint density at radius 3 is 2.74 bits per heavy atom. The van der Waals surface area contributed by atoms with Gasteiger partial charge in [-0.25, -0.2) is 9.37 Å². The highest BCUT2D eigenvalue weighted by molar-refractivity contribution is 7.15. The van der Waals surface area contributed by atoms with Crippen molar-refractivity contribution in [2.24, 2.45) is 0 Å². The van der Waals surface area contributed by atoms with Crippen molar-refractivity contribution in [3.8, 4) is 10.6 Å². The predicted molar refractivity (Wildman–Crippen MR) is 78.9 cm³/mol. The van der Waals surface area contributed by atoms with E-state index in [2.05, 4.69) is 24.1 Å². The highest BCUT2D eigenvalue weighted by atomic mass is 32.1. The molecule has 1 N–H and O–H groups in total. The Morgan fingerprint density at radius 2 is 2.05 bits per heavy atom. The summed E-state index contributed by atoms with van der Waals surface area (Å²) in [6.45, 7) is 5.97. The van der Waals surface area contributed by atoms with Gasteiger partial charge in [0.15, 0.2) is 0 Å². The molecule has 19 heavy (non-hydrogen) atoms. The topological polar surface area (TPSA) is 24.9 Å². The van der Waals surface area contributed by atoms with Crippen molar-refractivity contribution in [2.45, 2.75) is 33.2 Å². The number of nitrogens with one attached hydrogen (secondary N) is 1. The average molecular weight is 278 g/mol. The molecule has 1 aromatic heterocycles. The second-order valence-electron chi connectivity index (χ2n) is 4.40. The van der Waals surface area contributed by atoms with Crippen molar-refractivity contribution in [3.05, 3.63) is 40.7 Å². The van der Waals surface area contributed by atoms with Gasteiger partial charge in [0.25, 0.3) is 0 Å². The normalized spacial score (nSPS) is 10.9. The quantitative estimate of drug-likeness (QED) is 0.863. The van der Waals surface area contributed by atoms with Crippen LogP contribution in [0.2, 0.25) is 0 Å². The van der Waals surface area contributed by atoms with Crippen LogP contribution in [0, 0.1) is 5.82 Å². The number of aromatic nitrogens is 1. The summed E-state index contributed by atoms with van der Waals surface area (Å²) in [7, 11) is 0. The first-order chi connectivity index (χ1) is 9.26. The third-order valence-electron chi connectivity index (χ3n) is 2.90. The van der Waals surface area contributed by atoms with Gasteiger partial charge in [0.2, 0.25) is 0 Å². The summed E-state index contributed by atoms with van der Waals surface area (Å²) in [6.07, 6.45) is 2.01. The van der Waals surface area contributed by atoms with Gasteiger partial charge in [-0.3, -0.25) is 0 Å². The summed E-state index contributed by atoms with van der Waals surface area (Å²) in [5, 5.41) is 4.11. The smallest absolute Gasteiger partial charge is 0.133 e. The third-order valence-corrected chi connectivity index (χ3v) is 4.04. The maximum atomic E-state index is 13.8. The third kappa shape index (κ3) is 3.39. The molecule has 2 aromatic rings. The van der Waals surface area contributed by atoms with Crippen LogP contribution in [0.3, 0.4) is 0 Å². The van der Waals surface area contributed by atoms with E-state index in [0.717, 1.165) is 36.6 Å². The number of aryl methyl sites for hydroxylation is 1. The van der Waals surface area contributed by atoms with E-state index >= 15 is 0 Å². The minimum absolute atomic E-state index is 0.200. The van der Waals surface area contributed by atoms with Gasteiger partial charge in [0, 0.05) is 17.0 Å². The summed E-state index contributed by atoms with van der Waals surface area (Å²) in [5.74, 6) is -0.200. The molecule has 0 aliphatic heterocycles. The summed E-state index contributed by atoms with van der Waals surface area (Å²) < 4.78 is 13.8. The summed E-state index contributed by atoms with van der Waals surface area (Å²) in [4.78, 5) is 5.85. The van der Waals surface area contributed by atoms with Gasteiger partial charge < -0.3 is 5.32 Å². The zero-order chi connectivity index (χ0) is 13.7. The van der Waals surface area contributed by atoms with Crippen LogP contribution in [0.25, 0.3) is 10.6 Å². The lowest BCUT2D eigenvalue weighted by Gasteiger charge is -2.00. The summed E-state index contributed by atoms with van der Waals surface area (Å²) >= 11 is 1.59. The molecule has 102 valence electrons. The van der Waals surface area contributed by atoms with Crippen molar-refractivity contribution >= 4 is 11.3 Å². The van der Waals surface area contributed by atoms with E-state index in [1.165, 1.54) is 10.9 Å². The molecule has 0 radical (unpaired) electrons. The first kappa shape index (κ1) is 14.2. The van der Waals surface area contributed by atoms with E-state index in [-0.39, 0.29) is 5.82 Å². The van der Waals surface area contributed by atoms with E-state index in [9.17, 15) is 4.39 Å². The molecule has 0 fully saturated rings. The first-order valence-electron chi connectivity index (χ1n) is 6.70. The molecule has 0 spiro atoms. The van der Waals surface area contributed by atoms with Crippen molar-refractivity contribution in [1.82, 2.24) is 10.3 Å². The standard InChI is InChI=1S/C15H19FN2S/c1-3-7-13-14(10-17-4-2)19-15(18-13)11-8-5-6-9-12(11)16/h5-6,8-9,17H,3-4,7,10H2,1-2H3. The molecular weight excluding hydrogens is 259 g/mol. The van der Waals surface area contributed by atoms with Crippen molar-refractivity contribution in [1.29, 1.82) is 0 Å². The summed E-state index contributed by atoms with van der Waals surface area (Å²) in [5.41, 5.74) is 1.71. The van der Waals surface area contributed by atoms with Crippen molar-refractivity contribution < 1.29 is 4.39 Å². The highest BCUT2D eigenvalue weighted by Crippen LogP contribution is 2.30. The lowest BCUT2D eigenvalue weighted by molar-refractivity contribution is 0.631. The Bertz CT molecular complexity index is 537. The molecule has 0 atom stereocenters. The second-order valence-corrected chi connectivity index (χ2v) is 5.48. The monoisotopic (exact) mass is 278 g/mol. The van der Waals surface area contributed by atoms with E-state index < -0.39 is 0 Å². The molecule has 0 saturated carbocycles. The Balaban J connectivity index is 2.34. The number of nitrogens with zero attached hydrogens (tertiary/aromatic N) is 1. The van der Waals surface area contributed by atoms with Crippen LogP contribution < -0.4 is 5.32 Å². The number of hydrogen-bond acceptors (Lipinski definition) is 3. The zero-order valence-electron chi connectivity index (χ0n) is 11.4. The van der Waals surface area contributed by atoms with E-state index in [4.69, 9.17) is 0 Å². The van der Waals surface area contributed by atoms with E-state index in [0.29, 0.717) is 5.56 Å². The van der Waals surface area contributed by atoms with Crippen molar-refractivity contribution in [2.75, 3.05) is 6.54 Å². The molecule has 1 aromatic carbocycles. The molecular formula is C15H19FN2S. The van der Waals surface area contributed by atoms with Gasteiger partial charge in [-0.05, 0) is 25.1 Å². The van der Waals surface area contributed by atoms with Crippen LogP contribution in [-0.4, -0.2) is 11.5 Å². The highest BCUT2D eigenvalue weighted by Gasteiger charge is 2.14. The number of halogens is 1. The lowest BCUT2D eigenvalue weighted by Crippen LogP contribution is -2.11. The van der Waals surface area contributed by atoms with Gasteiger partial charge in [-0.2, -0.15) is 0 Å². The van der Waals surface area contributed by atoms with Crippen molar-refractivity contribution in [3.63, 3.8) is 0 Å². The second kappa shape index (κ2) is 6.78. The molecule has 0 amide bonds. The van der Waals surface area contributed by atoms with Gasteiger partial charge in [0.1, 0.15) is 10.8 Å². The maximum Gasteiger partial charge on any atom is 0.133 e. The number of thiazole rings is 1. The van der Waals surface area contributed by atoms with Crippen LogP contribution in [0.5, 0.6) is 0 Å². The molecule has 2 rings (SSSR count). The average Bonchev–Trinajstić information content (AvgIpc) is 2.80. The molecule has 0 aliphatic rings. The minimum Gasteiger partial charge on any atom is -0.312 e. The van der Waals surface area contributed by atoms with Crippen LogP contribution in [0.15, 0.2) is 24.3 Å². The van der Waals surface area contributed by atoms with Crippen LogP contribution in [0.4, 0.5) is 4.39 Å². The zero-order valence-corrected chi connectivity index (χ0v) is 12.2. The first-order valence-corrected chi connectivity index (χ1v) is 7.52. The fourth-order valence-electron chi connectivity index (χ4n) is 1.94. The van der Waals surface area contributed by atoms with Gasteiger partial charge in [-0.15, -0.1) is 11.3 Å². The van der Waals surface area contributed by atoms with Gasteiger partial charge in [0.05, 0.1) is 5.69 Å². The van der Waals surface area contributed by atoms with Crippen LogP contribution in [0.1, 0.15) is 30.8 Å². The molecule has 0 saturated heterocycles. The molecule has 0 unspecified atom stereocenters. The Morgan fingerprint density at radius 1 is 1.26 bits per heavy atom. The SMILES string of the molecule is CCCc1nc(-c2ccccc2F)sc1CNCC. The van der Waals surface area contributed by atoms with Gasteiger partial charge in [-0.1, -0.05) is 32.4 Å². The van der Waals surface area contributed by atoms with E-state index in [1.54, 1.807) is 23.5 Å². The van der Waals surface area contributed by atoms with E-state index in [1.807, 2.05) is 6.07 Å². The molecule has 4 heteroatoms.